The molecule has 114 heavy (non-hydrogen) atoms. The van der Waals surface area contributed by atoms with Crippen LogP contribution in [0.15, 0.2) is 304 Å². The highest BCUT2D eigenvalue weighted by Crippen LogP contribution is 2.42. The number of pyridine rings is 6. The van der Waals surface area contributed by atoms with E-state index in [4.69, 9.17) is 24.9 Å². The van der Waals surface area contributed by atoms with Crippen LogP contribution in [0, 0.1) is 27.7 Å². The minimum atomic E-state index is 0.190. The summed E-state index contributed by atoms with van der Waals surface area (Å²) in [4.78, 5) is 29.3. The van der Waals surface area contributed by atoms with Crippen LogP contribution in [0.4, 0.5) is 0 Å². The zero-order valence-electron chi connectivity index (χ0n) is 63.9. The van der Waals surface area contributed by atoms with Crippen LogP contribution in [0.1, 0.15) is 67.3 Å². The summed E-state index contributed by atoms with van der Waals surface area (Å²) in [6.07, 6.45) is 25.3. The predicted octanol–water partition coefficient (Wildman–Crippen LogP) is 23.1. The van der Waals surface area contributed by atoms with E-state index < -0.39 is 0 Å². The lowest BCUT2D eigenvalue weighted by Crippen LogP contribution is -1.98. The Balaban J connectivity index is 0.554. The van der Waals surface area contributed by atoms with Crippen LogP contribution >= 0.6 is 0 Å². The fraction of sp³-hybridized carbons (Fsp3) is 0.118. The van der Waals surface area contributed by atoms with Gasteiger partial charge >= 0.3 is 0 Å². The third kappa shape index (κ3) is 13.3. The number of rotatable bonds is 19. The summed E-state index contributed by atoms with van der Waals surface area (Å²) in [5.41, 5.74) is 31.8. The van der Waals surface area contributed by atoms with E-state index in [0.29, 0.717) is 0 Å². The van der Waals surface area contributed by atoms with Crippen molar-refractivity contribution in [2.75, 3.05) is 0 Å². The molecule has 10 aromatic carbocycles. The van der Waals surface area contributed by atoms with E-state index in [9.17, 15) is 10.2 Å². The molecule has 0 atom stereocenters. The monoisotopic (exact) mass is 1480 g/mol. The summed E-state index contributed by atoms with van der Waals surface area (Å²) in [7, 11) is 0. The molecule has 10 aromatic heterocycles. The number of fused-ring (bicyclic) bond motifs is 12. The number of hydrogen-bond acceptors (Lipinski definition) is 8. The summed E-state index contributed by atoms with van der Waals surface area (Å²) in [6, 6.07) is 89.5. The standard InChI is InChI=1S/C102H80N10O2/c1-63-60-109-43-38-77-49-67(21-31-89(77)99(109)105-63)13-17-71-47-72(54-83(53-71)87-10-6-5-9-86(87)75-25-27-76(28-26-75)96-58-85(113)37-42-103-96)18-16-70-24-34-92-80(52-70)41-46-112-98(66(4)108-102(92)112)82-30-36-95(104-59-82)81-29-35-94(97(114)57-81)93-12-8-7-11-88(93)84-55-73(19-14-68-22-32-90-78(50-68)39-44-110-61-64(2)106-100(90)110)48-74(56-84)20-15-69-23-33-91-79(51-69)40-45-111-62-65(3)107-101(91)111/h5-12,21-62,114H,13-20H2,1-4H3,(H,103,113). The average Bonchev–Trinajstić information content (AvgIpc) is 1.61. The first-order valence-corrected chi connectivity index (χ1v) is 39.3. The first-order valence-electron chi connectivity index (χ1n) is 39.3. The second-order valence-electron chi connectivity index (χ2n) is 30.8. The van der Waals surface area contributed by atoms with Crippen LogP contribution in [0.5, 0.6) is 11.5 Å². The van der Waals surface area contributed by atoms with E-state index in [1.54, 1.807) is 18.3 Å². The Kier molecular flexibility index (Phi) is 17.4. The minimum absolute atomic E-state index is 0.190. The molecule has 0 saturated carbocycles. The largest absolute Gasteiger partial charge is 0.508 e. The van der Waals surface area contributed by atoms with Gasteiger partial charge in [-0.25, -0.2) is 19.9 Å². The van der Waals surface area contributed by atoms with E-state index in [1.807, 2.05) is 45.2 Å². The van der Waals surface area contributed by atoms with Gasteiger partial charge in [0.15, 0.2) is 0 Å². The van der Waals surface area contributed by atoms with Gasteiger partial charge in [-0.05, 0) is 239 Å². The normalized spacial score (nSPS) is 11.9. The number of aromatic hydroxyl groups is 2. The van der Waals surface area contributed by atoms with Crippen LogP contribution in [0.3, 0.4) is 0 Å². The van der Waals surface area contributed by atoms with Crippen LogP contribution in [-0.2, 0) is 51.4 Å². The zero-order chi connectivity index (χ0) is 76.7. The lowest BCUT2D eigenvalue weighted by molar-refractivity contribution is 0.474. The maximum absolute atomic E-state index is 12.2. The number of nitrogens with zero attached hydrogens (tertiary/aromatic N) is 10. The number of benzene rings is 10. The van der Waals surface area contributed by atoms with Crippen molar-refractivity contribution in [3.63, 3.8) is 0 Å². The highest BCUT2D eigenvalue weighted by Gasteiger charge is 2.20. The van der Waals surface area contributed by atoms with Crippen LogP contribution in [0.25, 0.3) is 144 Å². The SMILES string of the molecule is Cc1cn2ccc3cc(CCc4cc(CCc5ccc6c(ccn7c(-c8ccc(-c9ccc(-c%10ccccc%10-c%10cc(CCc%11ccc%12c(ccn%13cc(C)nc%12%13)c%11)cc(CCc%11ccc%12c(ccn%13cc(C)nc%12%13)c%11)c%10)c(O)c9)nc8)c(C)nc67)c5)cc(-c5ccccc5-c5ccc(-c6cc(O)ccn6)cc5)c4)ccc3c2n1. The fourth-order valence-corrected chi connectivity index (χ4v) is 17.3. The molecule has 0 aliphatic heterocycles. The van der Waals surface area contributed by atoms with Gasteiger partial charge in [0.1, 0.15) is 34.1 Å². The summed E-state index contributed by atoms with van der Waals surface area (Å²) in [5.74, 6) is 0.385. The van der Waals surface area contributed by atoms with Crippen molar-refractivity contribution in [2.45, 2.75) is 79.1 Å². The molecular formula is C102H80N10O2. The van der Waals surface area contributed by atoms with Gasteiger partial charge in [0.25, 0.3) is 0 Å². The number of imidazole rings is 4. The Morgan fingerprint density at radius 2 is 0.702 bits per heavy atom. The lowest BCUT2D eigenvalue weighted by atomic mass is 9.89. The summed E-state index contributed by atoms with van der Waals surface area (Å²) >= 11 is 0. The molecule has 0 saturated heterocycles. The second kappa shape index (κ2) is 28.6. The average molecular weight is 1480 g/mol. The van der Waals surface area contributed by atoms with Gasteiger partial charge in [-0.3, -0.25) is 14.4 Å². The van der Waals surface area contributed by atoms with E-state index in [0.717, 1.165) is 191 Å². The maximum atomic E-state index is 12.2. The van der Waals surface area contributed by atoms with Crippen molar-refractivity contribution in [3.05, 3.63) is 372 Å². The molecule has 0 aliphatic rings. The van der Waals surface area contributed by atoms with Crippen molar-refractivity contribution >= 4 is 65.7 Å². The van der Waals surface area contributed by atoms with Crippen LogP contribution < -0.4 is 0 Å². The van der Waals surface area contributed by atoms with Crippen molar-refractivity contribution in [1.29, 1.82) is 0 Å². The Bertz CT molecular complexity index is 7060. The van der Waals surface area contributed by atoms with Gasteiger partial charge in [0, 0.05) is 106 Å². The Morgan fingerprint density at radius 1 is 0.289 bits per heavy atom. The molecular weight excluding hydrogens is 1400 g/mol. The van der Waals surface area contributed by atoms with E-state index in [2.05, 4.69) is 291 Å². The summed E-state index contributed by atoms with van der Waals surface area (Å²) < 4.78 is 8.53. The molecule has 10 heterocycles. The molecule has 0 radical (unpaired) electrons. The quantitative estimate of drug-likeness (QED) is 0.0817. The van der Waals surface area contributed by atoms with Crippen molar-refractivity contribution in [3.8, 4) is 89.8 Å². The topological polar surface area (TPSA) is 135 Å². The van der Waals surface area contributed by atoms with E-state index >= 15 is 0 Å². The minimum Gasteiger partial charge on any atom is -0.508 e. The third-order valence-corrected chi connectivity index (χ3v) is 23.0. The van der Waals surface area contributed by atoms with Gasteiger partial charge in [0.05, 0.1) is 39.9 Å². The number of phenols is 1. The molecule has 0 bridgehead atoms. The van der Waals surface area contributed by atoms with Gasteiger partial charge < -0.3 is 23.4 Å². The van der Waals surface area contributed by atoms with Crippen molar-refractivity contribution < 1.29 is 10.2 Å². The second-order valence-corrected chi connectivity index (χ2v) is 30.8. The number of phenolic OH excluding ortho intramolecular Hbond substituents is 1. The molecule has 20 rings (SSSR count). The zero-order valence-corrected chi connectivity index (χ0v) is 63.9. The first-order chi connectivity index (χ1) is 55.8. The highest BCUT2D eigenvalue weighted by molar-refractivity contribution is 5.98. The van der Waals surface area contributed by atoms with E-state index in [-0.39, 0.29) is 11.5 Å². The summed E-state index contributed by atoms with van der Waals surface area (Å²) in [5, 5.41) is 31.7. The van der Waals surface area contributed by atoms with Crippen molar-refractivity contribution in [1.82, 2.24) is 47.5 Å². The molecule has 12 heteroatoms. The molecule has 0 aliphatic carbocycles. The Hall–Kier alpha value is -14.1. The molecule has 20 aromatic rings. The predicted molar refractivity (Wildman–Crippen MR) is 463 cm³/mol. The first kappa shape index (κ1) is 69.1. The van der Waals surface area contributed by atoms with Gasteiger partial charge in [-0.15, -0.1) is 0 Å². The fourth-order valence-electron chi connectivity index (χ4n) is 17.3. The van der Waals surface area contributed by atoms with Crippen LogP contribution in [-0.4, -0.2) is 57.7 Å². The number of aromatic nitrogens is 10. The third-order valence-electron chi connectivity index (χ3n) is 23.0. The maximum Gasteiger partial charge on any atom is 0.145 e. The molecule has 550 valence electrons. The van der Waals surface area contributed by atoms with Crippen molar-refractivity contribution in [2.24, 2.45) is 0 Å². The van der Waals surface area contributed by atoms with E-state index in [1.165, 1.54) is 71.8 Å². The van der Waals surface area contributed by atoms with Crippen LogP contribution in [0.2, 0.25) is 0 Å². The molecule has 0 amide bonds. The number of hydrogen-bond donors (Lipinski definition) is 2. The summed E-state index contributed by atoms with van der Waals surface area (Å²) in [6.45, 7) is 8.21. The highest BCUT2D eigenvalue weighted by atomic mass is 16.3. The van der Waals surface area contributed by atoms with Gasteiger partial charge in [-0.2, -0.15) is 0 Å². The molecule has 2 N–H and O–H groups in total. The lowest BCUT2D eigenvalue weighted by Gasteiger charge is -2.16. The van der Waals surface area contributed by atoms with Gasteiger partial charge in [-0.1, -0.05) is 188 Å². The molecule has 12 nitrogen and oxygen atoms in total. The molecule has 0 spiro atoms. The Morgan fingerprint density at radius 3 is 1.16 bits per heavy atom. The molecule has 0 unspecified atom stereocenters. The Labute approximate surface area is 660 Å². The van der Waals surface area contributed by atoms with Gasteiger partial charge in [0.2, 0.25) is 0 Å². The molecule has 0 fully saturated rings. The smallest absolute Gasteiger partial charge is 0.145 e. The number of aryl methyl sites for hydroxylation is 12.